The number of hydrogen-bond acceptors (Lipinski definition) is 5. The molecule has 3 rings (SSSR count). The summed E-state index contributed by atoms with van der Waals surface area (Å²) in [5.74, 6) is 1.06. The number of hydrogen-bond donors (Lipinski definition) is 2. The van der Waals surface area contributed by atoms with Crippen molar-refractivity contribution in [2.75, 3.05) is 11.9 Å². The van der Waals surface area contributed by atoms with Crippen LogP contribution in [0.4, 0.5) is 5.95 Å². The van der Waals surface area contributed by atoms with Gasteiger partial charge in [-0.2, -0.15) is 9.50 Å². The number of benzene rings is 1. The first-order valence-corrected chi connectivity index (χ1v) is 7.26. The predicted molar refractivity (Wildman–Crippen MR) is 88.0 cm³/mol. The molecule has 0 unspecified atom stereocenters. The molecule has 7 heteroatoms. The van der Waals surface area contributed by atoms with Crippen LogP contribution in [0.1, 0.15) is 18.1 Å². The molecule has 7 nitrogen and oxygen atoms in total. The second-order valence-electron chi connectivity index (χ2n) is 4.88. The van der Waals surface area contributed by atoms with Gasteiger partial charge in [0.2, 0.25) is 5.95 Å². The number of anilines is 1. The molecule has 23 heavy (non-hydrogen) atoms. The first kappa shape index (κ1) is 14.8. The zero-order valence-corrected chi connectivity index (χ0v) is 12.7. The third-order valence-corrected chi connectivity index (χ3v) is 3.29. The van der Waals surface area contributed by atoms with Crippen LogP contribution in [0.25, 0.3) is 11.5 Å². The second kappa shape index (κ2) is 6.35. The van der Waals surface area contributed by atoms with Gasteiger partial charge in [-0.15, -0.1) is 0 Å². The maximum atomic E-state index is 12.4. The van der Waals surface area contributed by atoms with Crippen LogP contribution in [0, 0.1) is 0 Å². The highest BCUT2D eigenvalue weighted by Crippen LogP contribution is 2.10. The van der Waals surface area contributed by atoms with E-state index in [0.717, 1.165) is 5.56 Å². The fourth-order valence-electron chi connectivity index (χ4n) is 2.16. The van der Waals surface area contributed by atoms with Gasteiger partial charge in [0.05, 0.1) is 6.61 Å². The molecule has 1 aromatic carbocycles. The minimum atomic E-state index is -0.297. The summed E-state index contributed by atoms with van der Waals surface area (Å²) in [4.78, 5) is 20.8. The Kier molecular flexibility index (Phi) is 4.09. The largest absolute Gasteiger partial charge is 0.494 e. The number of rotatable bonds is 6. The van der Waals surface area contributed by atoms with Gasteiger partial charge in [0.15, 0.2) is 0 Å². The summed E-state index contributed by atoms with van der Waals surface area (Å²) in [6, 6.07) is 9.90. The lowest BCUT2D eigenvalue weighted by Gasteiger charge is -2.05. The van der Waals surface area contributed by atoms with E-state index in [-0.39, 0.29) is 5.56 Å². The molecule has 0 saturated carbocycles. The van der Waals surface area contributed by atoms with E-state index in [1.165, 1.54) is 10.7 Å². The number of aromatic nitrogens is 4. The van der Waals surface area contributed by atoms with E-state index in [9.17, 15) is 4.79 Å². The zero-order chi connectivity index (χ0) is 16.2. The lowest BCUT2D eigenvalue weighted by molar-refractivity contribution is 0.298. The van der Waals surface area contributed by atoms with Gasteiger partial charge < -0.3 is 10.1 Å². The van der Waals surface area contributed by atoms with Crippen LogP contribution >= 0.6 is 0 Å². The molecule has 0 radical (unpaired) electrons. The van der Waals surface area contributed by atoms with Gasteiger partial charge in [-0.25, -0.2) is 4.98 Å². The summed E-state index contributed by atoms with van der Waals surface area (Å²) in [5, 5.41) is 6.03. The van der Waals surface area contributed by atoms with Crippen LogP contribution in [-0.4, -0.2) is 26.2 Å². The number of nitrogens with zero attached hydrogens (tertiary/aromatic N) is 3. The molecule has 3 aromatic rings. The monoisotopic (exact) mass is 311 g/mol. The Balaban J connectivity index is 1.86. The van der Waals surface area contributed by atoms with Gasteiger partial charge in [0.1, 0.15) is 11.3 Å². The third kappa shape index (κ3) is 3.08. The van der Waals surface area contributed by atoms with Crippen molar-refractivity contribution in [3.8, 4) is 0 Å². The van der Waals surface area contributed by atoms with Crippen LogP contribution in [0.5, 0.6) is 0 Å². The third-order valence-electron chi connectivity index (χ3n) is 3.29. The van der Waals surface area contributed by atoms with Crippen molar-refractivity contribution in [2.24, 2.45) is 0 Å². The summed E-state index contributed by atoms with van der Waals surface area (Å²) >= 11 is 0. The average molecular weight is 311 g/mol. The van der Waals surface area contributed by atoms with Crippen molar-refractivity contribution in [1.82, 2.24) is 19.6 Å². The van der Waals surface area contributed by atoms with Crippen molar-refractivity contribution < 1.29 is 4.74 Å². The van der Waals surface area contributed by atoms with E-state index in [0.29, 0.717) is 36.2 Å². The summed E-state index contributed by atoms with van der Waals surface area (Å²) < 4.78 is 6.54. The molecule has 0 aliphatic carbocycles. The maximum Gasteiger partial charge on any atom is 0.285 e. The minimum Gasteiger partial charge on any atom is -0.494 e. The van der Waals surface area contributed by atoms with E-state index in [4.69, 9.17) is 4.74 Å². The molecule has 2 heterocycles. The molecule has 0 atom stereocenters. The summed E-state index contributed by atoms with van der Waals surface area (Å²) in [5.41, 5.74) is 1.12. The Labute approximate surface area is 132 Å². The van der Waals surface area contributed by atoms with Crippen LogP contribution in [-0.2, 0) is 11.3 Å². The van der Waals surface area contributed by atoms with E-state index in [2.05, 4.69) is 27.0 Å². The number of fused-ring (bicyclic) bond motifs is 1. The molecule has 0 fully saturated rings. The molecule has 0 aliphatic heterocycles. The van der Waals surface area contributed by atoms with E-state index in [1.807, 2.05) is 37.3 Å². The van der Waals surface area contributed by atoms with Crippen LogP contribution in [0.15, 0.2) is 47.9 Å². The average Bonchev–Trinajstić information content (AvgIpc) is 2.98. The molecular weight excluding hydrogens is 294 g/mol. The van der Waals surface area contributed by atoms with Gasteiger partial charge >= 0.3 is 0 Å². The quantitative estimate of drug-likeness (QED) is 0.681. The highest BCUT2D eigenvalue weighted by atomic mass is 16.5. The predicted octanol–water partition coefficient (Wildman–Crippen LogP) is 2.04. The number of ether oxygens (including phenoxy) is 1. The Bertz CT molecular complexity index is 882. The topological polar surface area (TPSA) is 84.3 Å². The van der Waals surface area contributed by atoms with Gasteiger partial charge in [-0.05, 0) is 12.5 Å². The lowest BCUT2D eigenvalue weighted by Crippen LogP contribution is -2.19. The fourth-order valence-corrected chi connectivity index (χ4v) is 2.16. The maximum absolute atomic E-state index is 12.4. The smallest absolute Gasteiger partial charge is 0.285 e. The molecule has 2 aromatic heterocycles. The number of aromatic amines is 1. The Morgan fingerprint density at radius 2 is 2.17 bits per heavy atom. The van der Waals surface area contributed by atoms with Gasteiger partial charge in [0, 0.05) is 12.7 Å². The first-order chi connectivity index (χ1) is 11.2. The van der Waals surface area contributed by atoms with Gasteiger partial charge in [0.25, 0.3) is 11.3 Å². The summed E-state index contributed by atoms with van der Waals surface area (Å²) in [6.45, 7) is 6.60. The normalized spacial score (nSPS) is 10.7. The van der Waals surface area contributed by atoms with Crippen molar-refractivity contribution in [3.05, 3.63) is 64.6 Å². The highest BCUT2D eigenvalue weighted by Gasteiger charge is 2.12. The zero-order valence-electron chi connectivity index (χ0n) is 12.7. The molecule has 0 saturated heterocycles. The molecular formula is C16H17N5O2. The Morgan fingerprint density at radius 3 is 2.91 bits per heavy atom. The lowest BCUT2D eigenvalue weighted by atomic mass is 10.2. The molecule has 0 spiro atoms. The van der Waals surface area contributed by atoms with Crippen molar-refractivity contribution >= 4 is 17.5 Å². The van der Waals surface area contributed by atoms with Crippen molar-refractivity contribution in [3.63, 3.8) is 0 Å². The van der Waals surface area contributed by atoms with E-state index < -0.39 is 0 Å². The van der Waals surface area contributed by atoms with E-state index in [1.54, 1.807) is 0 Å². The van der Waals surface area contributed by atoms with E-state index >= 15 is 0 Å². The van der Waals surface area contributed by atoms with Gasteiger partial charge in [-0.3, -0.25) is 9.89 Å². The standard InChI is InChI=1S/C16H17N5O2/c1-3-23-11(2)13-10-18-16-19-15(20-21(16)14(13)22)17-9-12-7-5-4-6-8-12/h4-8,10H,2-3,9H2,1H3,(H2,17,18,19,20). The van der Waals surface area contributed by atoms with Crippen molar-refractivity contribution in [1.29, 1.82) is 0 Å². The van der Waals surface area contributed by atoms with Gasteiger partial charge in [-0.1, -0.05) is 36.9 Å². The second-order valence-corrected chi connectivity index (χ2v) is 4.88. The van der Waals surface area contributed by atoms with Crippen LogP contribution in [0.2, 0.25) is 0 Å². The van der Waals surface area contributed by atoms with Crippen LogP contribution in [0.3, 0.4) is 0 Å². The number of H-pyrrole nitrogens is 1. The minimum absolute atomic E-state index is 0.290. The SMILES string of the molecule is C=C(OCC)c1cnc2nc(NCc3ccccc3)[nH]n2c1=O. The first-order valence-electron chi connectivity index (χ1n) is 7.26. The fraction of sp³-hybridized carbons (Fsp3) is 0.188. The molecule has 2 N–H and O–H groups in total. The summed E-state index contributed by atoms with van der Waals surface area (Å²) in [7, 11) is 0. The Morgan fingerprint density at radius 1 is 1.39 bits per heavy atom. The van der Waals surface area contributed by atoms with Crippen LogP contribution < -0.4 is 10.9 Å². The molecule has 118 valence electrons. The number of nitrogens with one attached hydrogen (secondary N) is 2. The molecule has 0 amide bonds. The summed E-state index contributed by atoms with van der Waals surface area (Å²) in [6.07, 6.45) is 1.43. The molecule has 0 aliphatic rings. The molecule has 0 bridgehead atoms. The van der Waals surface area contributed by atoms with Crippen molar-refractivity contribution in [2.45, 2.75) is 13.5 Å². The highest BCUT2D eigenvalue weighted by molar-refractivity contribution is 5.56. The Hall–Kier alpha value is -3.09.